The fraction of sp³-hybridized carbons (Fsp3) is 0.250. The molecule has 0 bridgehead atoms. The topological polar surface area (TPSA) is 20.2 Å². The number of phenolic OH excluding ortho intramolecular Hbond substituents is 1. The minimum Gasteiger partial charge on any atom is -0.508 e. The molecule has 2 heteroatoms. The quantitative estimate of drug-likeness (QED) is 0.815. The Morgan fingerprint density at radius 1 is 1.22 bits per heavy atom. The van der Waals surface area contributed by atoms with Gasteiger partial charge in [-0.15, -0.1) is 0 Å². The number of phenols is 1. The van der Waals surface area contributed by atoms with Gasteiger partial charge < -0.3 is 5.11 Å². The van der Waals surface area contributed by atoms with Gasteiger partial charge in [-0.05, 0) is 54.5 Å². The van der Waals surface area contributed by atoms with Crippen molar-refractivity contribution in [3.8, 4) is 5.75 Å². The molecule has 0 aliphatic heterocycles. The second kappa shape index (κ2) is 4.66. The average Bonchev–Trinajstić information content (AvgIpc) is 2.40. The van der Waals surface area contributed by atoms with Gasteiger partial charge in [-0.1, -0.05) is 35.9 Å². The summed E-state index contributed by atoms with van der Waals surface area (Å²) in [7, 11) is 0. The van der Waals surface area contributed by atoms with Gasteiger partial charge in [-0.3, -0.25) is 0 Å². The van der Waals surface area contributed by atoms with Crippen LogP contribution in [0.3, 0.4) is 0 Å². The maximum absolute atomic E-state index is 9.92. The van der Waals surface area contributed by atoms with E-state index in [4.69, 9.17) is 11.6 Å². The molecule has 2 aromatic rings. The summed E-state index contributed by atoms with van der Waals surface area (Å²) in [6, 6.07) is 14.7. The molecule has 18 heavy (non-hydrogen) atoms. The Labute approximate surface area is 112 Å². The molecule has 0 spiro atoms. The fourth-order valence-corrected chi connectivity index (χ4v) is 3.03. The zero-order chi connectivity index (χ0) is 12.5. The first-order chi connectivity index (χ1) is 8.75. The molecule has 1 aliphatic carbocycles. The van der Waals surface area contributed by atoms with Crippen LogP contribution in [0.4, 0.5) is 0 Å². The SMILES string of the molecule is Oc1ccc[c]c1C1CCc2cccc(Cl)c2C1. The van der Waals surface area contributed by atoms with Crippen LogP contribution in [0.1, 0.15) is 29.0 Å². The average molecular weight is 258 g/mol. The highest BCUT2D eigenvalue weighted by Gasteiger charge is 2.23. The molecule has 1 N–H and O–H groups in total. The summed E-state index contributed by atoms with van der Waals surface area (Å²) >= 11 is 6.26. The van der Waals surface area contributed by atoms with E-state index in [1.807, 2.05) is 24.3 Å². The molecule has 0 saturated heterocycles. The Balaban J connectivity index is 1.96. The van der Waals surface area contributed by atoms with E-state index in [1.54, 1.807) is 6.07 Å². The summed E-state index contributed by atoms with van der Waals surface area (Å²) in [5, 5.41) is 10.8. The third-order valence-electron chi connectivity index (χ3n) is 3.70. The zero-order valence-corrected chi connectivity index (χ0v) is 10.7. The van der Waals surface area contributed by atoms with Crippen LogP contribution in [0.2, 0.25) is 5.02 Å². The van der Waals surface area contributed by atoms with Crippen molar-refractivity contribution in [2.75, 3.05) is 0 Å². The zero-order valence-electron chi connectivity index (χ0n) is 9.99. The first-order valence-corrected chi connectivity index (χ1v) is 6.59. The number of aryl methyl sites for hydroxylation is 1. The van der Waals surface area contributed by atoms with Crippen molar-refractivity contribution in [3.05, 3.63) is 64.2 Å². The molecular weight excluding hydrogens is 244 g/mol. The van der Waals surface area contributed by atoms with Crippen LogP contribution in [0, 0.1) is 6.07 Å². The lowest BCUT2D eigenvalue weighted by molar-refractivity contribution is 0.453. The molecular formula is C16H14ClO. The fourth-order valence-electron chi connectivity index (χ4n) is 2.76. The van der Waals surface area contributed by atoms with E-state index >= 15 is 0 Å². The van der Waals surface area contributed by atoms with E-state index in [0.29, 0.717) is 11.7 Å². The van der Waals surface area contributed by atoms with Crippen molar-refractivity contribution >= 4 is 11.6 Å². The highest BCUT2D eigenvalue weighted by Crippen LogP contribution is 2.38. The molecule has 91 valence electrons. The number of aromatic hydroxyl groups is 1. The van der Waals surface area contributed by atoms with Crippen LogP contribution in [0.25, 0.3) is 0 Å². The van der Waals surface area contributed by atoms with E-state index in [2.05, 4.69) is 12.1 Å². The molecule has 1 radical (unpaired) electrons. The van der Waals surface area contributed by atoms with Crippen molar-refractivity contribution < 1.29 is 5.11 Å². The van der Waals surface area contributed by atoms with Crippen molar-refractivity contribution in [2.24, 2.45) is 0 Å². The van der Waals surface area contributed by atoms with E-state index in [9.17, 15) is 5.11 Å². The van der Waals surface area contributed by atoms with Crippen LogP contribution in [-0.4, -0.2) is 5.11 Å². The van der Waals surface area contributed by atoms with Gasteiger partial charge in [0.15, 0.2) is 0 Å². The largest absolute Gasteiger partial charge is 0.508 e. The molecule has 2 aromatic carbocycles. The Kier molecular flexibility index (Phi) is 3.00. The highest BCUT2D eigenvalue weighted by molar-refractivity contribution is 6.31. The molecule has 0 heterocycles. The lowest BCUT2D eigenvalue weighted by Crippen LogP contribution is -2.13. The van der Waals surface area contributed by atoms with Crippen LogP contribution >= 0.6 is 11.6 Å². The summed E-state index contributed by atoms with van der Waals surface area (Å²) in [4.78, 5) is 0. The van der Waals surface area contributed by atoms with Crippen LogP contribution in [0.15, 0.2) is 36.4 Å². The molecule has 0 saturated carbocycles. The van der Waals surface area contributed by atoms with Gasteiger partial charge in [-0.2, -0.15) is 0 Å². The maximum Gasteiger partial charge on any atom is 0.119 e. The van der Waals surface area contributed by atoms with Gasteiger partial charge >= 0.3 is 0 Å². The summed E-state index contributed by atoms with van der Waals surface area (Å²) < 4.78 is 0. The normalized spacial score (nSPS) is 18.4. The second-order valence-corrected chi connectivity index (χ2v) is 5.19. The molecule has 0 amide bonds. The van der Waals surface area contributed by atoms with Crippen molar-refractivity contribution in [3.63, 3.8) is 0 Å². The molecule has 1 nitrogen and oxygen atoms in total. The number of rotatable bonds is 1. The minimum absolute atomic E-state index is 0.318. The maximum atomic E-state index is 9.92. The van der Waals surface area contributed by atoms with Gasteiger partial charge in [0.2, 0.25) is 0 Å². The third-order valence-corrected chi connectivity index (χ3v) is 4.06. The number of hydrogen-bond acceptors (Lipinski definition) is 1. The highest BCUT2D eigenvalue weighted by atomic mass is 35.5. The lowest BCUT2D eigenvalue weighted by atomic mass is 9.80. The number of halogens is 1. The summed E-state index contributed by atoms with van der Waals surface area (Å²) in [6.07, 6.45) is 2.95. The summed E-state index contributed by atoms with van der Waals surface area (Å²) in [5.74, 6) is 0.664. The molecule has 1 aliphatic rings. The van der Waals surface area contributed by atoms with Crippen LogP contribution < -0.4 is 0 Å². The van der Waals surface area contributed by atoms with E-state index in [1.165, 1.54) is 11.1 Å². The number of benzene rings is 2. The third kappa shape index (κ3) is 1.99. The predicted octanol–water partition coefficient (Wildman–Crippen LogP) is 4.12. The van der Waals surface area contributed by atoms with E-state index in [0.717, 1.165) is 29.8 Å². The Bertz CT molecular complexity index is 577. The van der Waals surface area contributed by atoms with Gasteiger partial charge in [0.25, 0.3) is 0 Å². The monoisotopic (exact) mass is 257 g/mol. The van der Waals surface area contributed by atoms with Gasteiger partial charge in [0.05, 0.1) is 0 Å². The Morgan fingerprint density at radius 2 is 2.11 bits per heavy atom. The molecule has 0 fully saturated rings. The van der Waals surface area contributed by atoms with Crippen molar-refractivity contribution in [2.45, 2.75) is 25.2 Å². The number of hydrogen-bond donors (Lipinski definition) is 1. The van der Waals surface area contributed by atoms with Gasteiger partial charge in [-0.25, -0.2) is 0 Å². The van der Waals surface area contributed by atoms with Crippen LogP contribution in [0.5, 0.6) is 5.75 Å². The molecule has 1 unspecified atom stereocenters. The predicted molar refractivity (Wildman–Crippen MR) is 73.2 cm³/mol. The molecule has 1 atom stereocenters. The molecule has 0 aromatic heterocycles. The van der Waals surface area contributed by atoms with Gasteiger partial charge in [0.1, 0.15) is 5.75 Å². The first-order valence-electron chi connectivity index (χ1n) is 6.21. The second-order valence-electron chi connectivity index (χ2n) is 4.79. The number of fused-ring (bicyclic) bond motifs is 1. The van der Waals surface area contributed by atoms with E-state index in [-0.39, 0.29) is 0 Å². The summed E-state index contributed by atoms with van der Waals surface area (Å²) in [6.45, 7) is 0. The minimum atomic E-state index is 0.318. The Morgan fingerprint density at radius 3 is 2.94 bits per heavy atom. The van der Waals surface area contributed by atoms with Crippen LogP contribution in [-0.2, 0) is 12.8 Å². The van der Waals surface area contributed by atoms with Crippen molar-refractivity contribution in [1.82, 2.24) is 0 Å². The molecule has 3 rings (SSSR count). The van der Waals surface area contributed by atoms with Gasteiger partial charge in [0, 0.05) is 10.6 Å². The van der Waals surface area contributed by atoms with Crippen molar-refractivity contribution in [1.29, 1.82) is 0 Å². The smallest absolute Gasteiger partial charge is 0.119 e. The standard InChI is InChI=1S/C16H14ClO/c17-15-6-3-4-11-8-9-12(10-14(11)15)13-5-1-2-7-16(13)18/h1-4,6-7,12,18H,8-10H2. The summed E-state index contributed by atoms with van der Waals surface area (Å²) in [5.41, 5.74) is 3.49. The van der Waals surface area contributed by atoms with E-state index < -0.39 is 0 Å². The Hall–Kier alpha value is -1.47. The lowest BCUT2D eigenvalue weighted by Gasteiger charge is -2.26. The first kappa shape index (κ1) is 11.6.